The van der Waals surface area contributed by atoms with Gasteiger partial charge in [0.1, 0.15) is 6.54 Å². The number of nitrogens with zero attached hydrogens (tertiary/aromatic N) is 2. The molecule has 1 fully saturated rings. The van der Waals surface area contributed by atoms with Crippen molar-refractivity contribution in [3.05, 3.63) is 45.1 Å². The predicted octanol–water partition coefficient (Wildman–Crippen LogP) is 2.31. The topological polar surface area (TPSA) is 102 Å². The van der Waals surface area contributed by atoms with E-state index in [1.807, 2.05) is 6.92 Å². The summed E-state index contributed by atoms with van der Waals surface area (Å²) in [6.07, 6.45) is 7.97. The number of carbonyl (C=O) groups excluding carboxylic acids is 2. The lowest BCUT2D eigenvalue weighted by Crippen LogP contribution is -2.42. The number of nitrogens with one attached hydrogen (secondary N) is 2. The monoisotopic (exact) mass is 442 g/mol. The highest BCUT2D eigenvalue weighted by Gasteiger charge is 2.17. The molecule has 8 heteroatoms. The number of hydrogen-bond acceptors (Lipinski definition) is 4. The van der Waals surface area contributed by atoms with Gasteiger partial charge in [-0.15, -0.1) is 0 Å². The van der Waals surface area contributed by atoms with Crippen LogP contribution in [-0.4, -0.2) is 33.5 Å². The normalized spacial score (nSPS) is 14.4. The van der Waals surface area contributed by atoms with Crippen molar-refractivity contribution in [2.24, 2.45) is 0 Å². The Labute approximate surface area is 188 Å². The van der Waals surface area contributed by atoms with Crippen molar-refractivity contribution in [1.29, 1.82) is 0 Å². The summed E-state index contributed by atoms with van der Waals surface area (Å²) in [5, 5.41) is 6.28. The van der Waals surface area contributed by atoms with Crippen molar-refractivity contribution >= 4 is 22.7 Å². The van der Waals surface area contributed by atoms with Gasteiger partial charge in [0.25, 0.3) is 5.56 Å². The fraction of sp³-hybridized carbons (Fsp3) is 0.583. The van der Waals surface area contributed by atoms with E-state index in [1.165, 1.54) is 28.4 Å². The Morgan fingerprint density at radius 3 is 2.50 bits per heavy atom. The van der Waals surface area contributed by atoms with Crippen molar-refractivity contribution in [2.75, 3.05) is 6.54 Å². The minimum absolute atomic E-state index is 0.0350. The van der Waals surface area contributed by atoms with Crippen LogP contribution >= 0.6 is 0 Å². The van der Waals surface area contributed by atoms with Gasteiger partial charge in [0.15, 0.2) is 0 Å². The van der Waals surface area contributed by atoms with Crippen molar-refractivity contribution in [2.45, 2.75) is 83.8 Å². The molecule has 3 rings (SSSR count). The lowest BCUT2D eigenvalue weighted by Gasteiger charge is -2.22. The molecule has 2 amide bonds. The second kappa shape index (κ2) is 11.6. The summed E-state index contributed by atoms with van der Waals surface area (Å²) in [6.45, 7) is 2.57. The van der Waals surface area contributed by atoms with Gasteiger partial charge in [-0.05, 0) is 44.2 Å². The van der Waals surface area contributed by atoms with Gasteiger partial charge in [0.05, 0.1) is 10.9 Å². The van der Waals surface area contributed by atoms with Crippen molar-refractivity contribution in [3.8, 4) is 0 Å². The molecule has 32 heavy (non-hydrogen) atoms. The third-order valence-electron chi connectivity index (χ3n) is 6.01. The number of fused-ring (bicyclic) bond motifs is 1. The van der Waals surface area contributed by atoms with Crippen LogP contribution in [-0.2, 0) is 22.7 Å². The summed E-state index contributed by atoms with van der Waals surface area (Å²) < 4.78 is 2.55. The minimum atomic E-state index is -0.494. The highest BCUT2D eigenvalue weighted by atomic mass is 16.2. The SMILES string of the molecule is CCCNC(=O)Cn1c(=O)n(CCCCC(=O)NC2CCCCC2)c(=O)c2ccccc21. The Bertz CT molecular complexity index is 1050. The number of amides is 2. The maximum atomic E-state index is 13.1. The van der Waals surface area contributed by atoms with Crippen LogP contribution in [0, 0.1) is 0 Å². The van der Waals surface area contributed by atoms with E-state index >= 15 is 0 Å². The summed E-state index contributed by atoms with van der Waals surface area (Å²) in [5.41, 5.74) is -0.397. The minimum Gasteiger partial charge on any atom is -0.355 e. The van der Waals surface area contributed by atoms with Gasteiger partial charge in [0.2, 0.25) is 11.8 Å². The molecule has 1 saturated carbocycles. The number of rotatable bonds is 10. The lowest BCUT2D eigenvalue weighted by molar-refractivity contribution is -0.122. The fourth-order valence-corrected chi connectivity index (χ4v) is 4.29. The molecular formula is C24H34N4O4. The van der Waals surface area contributed by atoms with Gasteiger partial charge in [-0.2, -0.15) is 0 Å². The highest BCUT2D eigenvalue weighted by molar-refractivity contribution is 5.81. The Balaban J connectivity index is 1.68. The molecule has 1 aliphatic carbocycles. The third-order valence-corrected chi connectivity index (χ3v) is 6.01. The fourth-order valence-electron chi connectivity index (χ4n) is 4.29. The summed E-state index contributed by atoms with van der Waals surface area (Å²) >= 11 is 0. The van der Waals surface area contributed by atoms with E-state index in [0.717, 1.165) is 19.3 Å². The first-order valence-corrected chi connectivity index (χ1v) is 11.8. The van der Waals surface area contributed by atoms with Gasteiger partial charge in [-0.1, -0.05) is 38.3 Å². The average molecular weight is 443 g/mol. The molecule has 1 heterocycles. The first kappa shape index (κ1) is 23.8. The standard InChI is InChI=1S/C24H34N4O4/c1-2-15-25-22(30)17-28-20-13-7-6-12-19(20)23(31)27(24(28)32)16-9-8-14-21(29)26-18-10-4-3-5-11-18/h6-7,12-13,18H,2-5,8-11,14-17H2,1H3,(H,25,30)(H,26,29). The van der Waals surface area contributed by atoms with Crippen molar-refractivity contribution < 1.29 is 9.59 Å². The number of benzene rings is 1. The zero-order valence-corrected chi connectivity index (χ0v) is 18.9. The maximum Gasteiger partial charge on any atom is 0.331 e. The third kappa shape index (κ3) is 6.08. The number of para-hydroxylation sites is 1. The maximum absolute atomic E-state index is 13.1. The molecule has 0 radical (unpaired) electrons. The second-order valence-corrected chi connectivity index (χ2v) is 8.55. The summed E-state index contributed by atoms with van der Waals surface area (Å²) in [5.74, 6) is -0.226. The van der Waals surface area contributed by atoms with Gasteiger partial charge in [0, 0.05) is 25.6 Å². The number of hydrogen-bond donors (Lipinski definition) is 2. The van der Waals surface area contributed by atoms with E-state index in [1.54, 1.807) is 24.3 Å². The Morgan fingerprint density at radius 1 is 1.00 bits per heavy atom. The number of carbonyl (C=O) groups is 2. The van der Waals surface area contributed by atoms with Crippen LogP contribution in [0.25, 0.3) is 10.9 Å². The molecule has 0 aliphatic heterocycles. The first-order valence-electron chi connectivity index (χ1n) is 11.8. The molecular weight excluding hydrogens is 408 g/mol. The van der Waals surface area contributed by atoms with Crippen LogP contribution in [0.15, 0.2) is 33.9 Å². The van der Waals surface area contributed by atoms with E-state index in [4.69, 9.17) is 0 Å². The van der Waals surface area contributed by atoms with Gasteiger partial charge >= 0.3 is 5.69 Å². The predicted molar refractivity (Wildman–Crippen MR) is 125 cm³/mol. The van der Waals surface area contributed by atoms with Crippen LogP contribution in [0.3, 0.4) is 0 Å². The molecule has 2 aromatic rings. The van der Waals surface area contributed by atoms with Crippen LogP contribution in [0.5, 0.6) is 0 Å². The molecule has 1 aromatic carbocycles. The number of unbranched alkanes of at least 4 members (excludes halogenated alkanes) is 1. The quantitative estimate of drug-likeness (QED) is 0.551. The molecule has 0 bridgehead atoms. The smallest absolute Gasteiger partial charge is 0.331 e. The van der Waals surface area contributed by atoms with Crippen LogP contribution in [0.2, 0.25) is 0 Å². The van der Waals surface area contributed by atoms with Gasteiger partial charge < -0.3 is 10.6 Å². The Hall–Kier alpha value is -2.90. The zero-order chi connectivity index (χ0) is 22.9. The molecule has 8 nitrogen and oxygen atoms in total. The largest absolute Gasteiger partial charge is 0.355 e. The van der Waals surface area contributed by atoms with Crippen LogP contribution in [0.1, 0.15) is 64.7 Å². The molecule has 0 unspecified atom stereocenters. The molecule has 174 valence electrons. The summed E-state index contributed by atoms with van der Waals surface area (Å²) in [4.78, 5) is 50.5. The Morgan fingerprint density at radius 2 is 1.75 bits per heavy atom. The van der Waals surface area contributed by atoms with Gasteiger partial charge in [-0.3, -0.25) is 23.5 Å². The van der Waals surface area contributed by atoms with E-state index in [9.17, 15) is 19.2 Å². The van der Waals surface area contributed by atoms with Crippen LogP contribution < -0.4 is 21.9 Å². The van der Waals surface area contributed by atoms with Crippen molar-refractivity contribution in [3.63, 3.8) is 0 Å². The molecule has 0 atom stereocenters. The van der Waals surface area contributed by atoms with E-state index in [2.05, 4.69) is 10.6 Å². The van der Waals surface area contributed by atoms with E-state index in [0.29, 0.717) is 36.7 Å². The second-order valence-electron chi connectivity index (χ2n) is 8.55. The lowest BCUT2D eigenvalue weighted by atomic mass is 9.95. The molecule has 1 aromatic heterocycles. The number of aromatic nitrogens is 2. The Kier molecular flexibility index (Phi) is 8.64. The first-order chi connectivity index (χ1) is 15.5. The van der Waals surface area contributed by atoms with Gasteiger partial charge in [-0.25, -0.2) is 4.79 Å². The van der Waals surface area contributed by atoms with Crippen LogP contribution in [0.4, 0.5) is 0 Å². The molecule has 2 N–H and O–H groups in total. The molecule has 0 saturated heterocycles. The molecule has 0 spiro atoms. The summed E-state index contributed by atoms with van der Waals surface area (Å²) in [7, 11) is 0. The van der Waals surface area contributed by atoms with E-state index < -0.39 is 5.69 Å². The average Bonchev–Trinajstić information content (AvgIpc) is 2.80. The zero-order valence-electron chi connectivity index (χ0n) is 18.9. The summed E-state index contributed by atoms with van der Waals surface area (Å²) in [6, 6.07) is 7.13. The van der Waals surface area contributed by atoms with E-state index in [-0.39, 0.29) is 36.5 Å². The van der Waals surface area contributed by atoms with Crippen molar-refractivity contribution in [1.82, 2.24) is 19.8 Å². The molecule has 1 aliphatic rings. The highest BCUT2D eigenvalue weighted by Crippen LogP contribution is 2.17.